The molecule has 0 atom stereocenters. The first-order valence-electron chi connectivity index (χ1n) is 3.64. The number of H-pyrrole nitrogens is 1. The maximum atomic E-state index is 10.6. The highest BCUT2D eigenvalue weighted by Crippen LogP contribution is 2.28. The van der Waals surface area contributed by atoms with Crippen molar-refractivity contribution in [1.82, 2.24) is 4.98 Å². The molecular formula is C9H5BrClNO. The van der Waals surface area contributed by atoms with Gasteiger partial charge in [-0.3, -0.25) is 4.79 Å². The lowest BCUT2D eigenvalue weighted by atomic mass is 10.2. The average Bonchev–Trinajstić information content (AvgIpc) is 2.42. The number of carbonyl (C=O) groups excluding carboxylic acids is 1. The van der Waals surface area contributed by atoms with Crippen molar-refractivity contribution in [1.29, 1.82) is 0 Å². The first kappa shape index (κ1) is 8.78. The average molecular weight is 259 g/mol. The van der Waals surface area contributed by atoms with E-state index in [1.807, 2.05) is 6.07 Å². The monoisotopic (exact) mass is 257 g/mol. The van der Waals surface area contributed by atoms with Gasteiger partial charge in [0, 0.05) is 15.9 Å². The number of aromatic nitrogens is 1. The predicted molar refractivity (Wildman–Crippen MR) is 56.4 cm³/mol. The van der Waals surface area contributed by atoms with Gasteiger partial charge in [-0.15, -0.1) is 0 Å². The van der Waals surface area contributed by atoms with E-state index in [9.17, 15) is 4.79 Å². The van der Waals surface area contributed by atoms with Crippen LogP contribution in [-0.2, 0) is 0 Å². The van der Waals surface area contributed by atoms with E-state index in [1.165, 1.54) is 0 Å². The van der Waals surface area contributed by atoms with Gasteiger partial charge in [0.05, 0.1) is 10.2 Å². The summed E-state index contributed by atoms with van der Waals surface area (Å²) in [6, 6.07) is 5.44. The van der Waals surface area contributed by atoms with Crippen LogP contribution in [0, 0.1) is 0 Å². The molecule has 1 aromatic heterocycles. The van der Waals surface area contributed by atoms with Gasteiger partial charge in [-0.05, 0) is 28.1 Å². The van der Waals surface area contributed by atoms with E-state index in [-0.39, 0.29) is 0 Å². The molecule has 0 radical (unpaired) electrons. The van der Waals surface area contributed by atoms with E-state index >= 15 is 0 Å². The molecule has 0 spiro atoms. The van der Waals surface area contributed by atoms with Crippen molar-refractivity contribution in [2.45, 2.75) is 0 Å². The number of carbonyl (C=O) groups is 1. The number of nitrogens with one attached hydrogen (secondary N) is 1. The minimum absolute atomic E-state index is 0.539. The van der Waals surface area contributed by atoms with Crippen LogP contribution < -0.4 is 0 Å². The molecule has 0 saturated heterocycles. The first-order valence-corrected chi connectivity index (χ1v) is 4.81. The minimum atomic E-state index is 0.539. The Morgan fingerprint density at radius 1 is 1.46 bits per heavy atom. The maximum Gasteiger partial charge on any atom is 0.167 e. The molecule has 0 bridgehead atoms. The van der Waals surface area contributed by atoms with Crippen molar-refractivity contribution in [3.63, 3.8) is 0 Å². The van der Waals surface area contributed by atoms with Crippen molar-refractivity contribution in [3.8, 4) is 0 Å². The van der Waals surface area contributed by atoms with Crippen molar-refractivity contribution >= 4 is 44.7 Å². The summed E-state index contributed by atoms with van der Waals surface area (Å²) in [5.41, 5.74) is 1.40. The molecule has 1 aromatic carbocycles. The summed E-state index contributed by atoms with van der Waals surface area (Å²) >= 11 is 9.13. The summed E-state index contributed by atoms with van der Waals surface area (Å²) in [5.74, 6) is 0. The van der Waals surface area contributed by atoms with Crippen LogP contribution >= 0.6 is 27.5 Å². The Morgan fingerprint density at radius 2 is 2.23 bits per heavy atom. The van der Waals surface area contributed by atoms with Gasteiger partial charge < -0.3 is 4.98 Å². The Labute approximate surface area is 88.0 Å². The fourth-order valence-corrected chi connectivity index (χ4v) is 1.95. The topological polar surface area (TPSA) is 32.9 Å². The van der Waals surface area contributed by atoms with Gasteiger partial charge in [-0.2, -0.15) is 0 Å². The summed E-state index contributed by atoms with van der Waals surface area (Å²) in [6.45, 7) is 0. The molecule has 0 aliphatic heterocycles. The normalized spacial score (nSPS) is 10.6. The number of aldehydes is 1. The number of rotatable bonds is 1. The number of hydrogen-bond donors (Lipinski definition) is 1. The molecule has 0 aliphatic rings. The highest BCUT2D eigenvalue weighted by atomic mass is 79.9. The highest BCUT2D eigenvalue weighted by molar-refractivity contribution is 9.10. The number of benzene rings is 1. The highest BCUT2D eigenvalue weighted by Gasteiger charge is 2.07. The lowest BCUT2D eigenvalue weighted by Crippen LogP contribution is -1.76. The molecule has 13 heavy (non-hydrogen) atoms. The molecule has 2 rings (SSSR count). The van der Waals surface area contributed by atoms with E-state index in [0.717, 1.165) is 21.7 Å². The minimum Gasteiger partial charge on any atom is -0.351 e. The van der Waals surface area contributed by atoms with Crippen LogP contribution in [0.15, 0.2) is 22.7 Å². The van der Waals surface area contributed by atoms with Crippen LogP contribution in [0.25, 0.3) is 10.9 Å². The van der Waals surface area contributed by atoms with Crippen LogP contribution in [0.3, 0.4) is 0 Å². The second-order valence-corrected chi connectivity index (χ2v) is 3.89. The van der Waals surface area contributed by atoms with E-state index < -0.39 is 0 Å². The molecule has 1 N–H and O–H groups in total. The van der Waals surface area contributed by atoms with E-state index in [1.54, 1.807) is 12.1 Å². The van der Waals surface area contributed by atoms with Crippen LogP contribution in [0.2, 0.25) is 5.02 Å². The van der Waals surface area contributed by atoms with E-state index in [4.69, 9.17) is 11.6 Å². The zero-order valence-corrected chi connectivity index (χ0v) is 8.82. The summed E-state index contributed by atoms with van der Waals surface area (Å²) in [6.07, 6.45) is 0.776. The molecular weight excluding hydrogens is 253 g/mol. The van der Waals surface area contributed by atoms with Crippen molar-refractivity contribution in [2.75, 3.05) is 0 Å². The van der Waals surface area contributed by atoms with Crippen LogP contribution in [0.5, 0.6) is 0 Å². The summed E-state index contributed by atoms with van der Waals surface area (Å²) in [4.78, 5) is 13.5. The van der Waals surface area contributed by atoms with Crippen molar-refractivity contribution in [3.05, 3.63) is 33.4 Å². The fourth-order valence-electron chi connectivity index (χ4n) is 1.24. The first-order chi connectivity index (χ1) is 6.22. The van der Waals surface area contributed by atoms with Gasteiger partial charge in [0.15, 0.2) is 6.29 Å². The number of halogens is 2. The molecule has 0 unspecified atom stereocenters. The third kappa shape index (κ3) is 1.38. The third-order valence-electron chi connectivity index (χ3n) is 1.84. The largest absolute Gasteiger partial charge is 0.351 e. The summed E-state index contributed by atoms with van der Waals surface area (Å²) < 4.78 is 0.786. The van der Waals surface area contributed by atoms with Gasteiger partial charge >= 0.3 is 0 Å². The van der Waals surface area contributed by atoms with Crippen LogP contribution in [-0.4, -0.2) is 11.3 Å². The molecule has 4 heteroatoms. The second-order valence-electron chi connectivity index (χ2n) is 2.66. The van der Waals surface area contributed by atoms with E-state index in [0.29, 0.717) is 10.7 Å². The van der Waals surface area contributed by atoms with Crippen molar-refractivity contribution < 1.29 is 4.79 Å². The third-order valence-corrected chi connectivity index (χ3v) is 2.93. The zero-order valence-electron chi connectivity index (χ0n) is 6.47. The van der Waals surface area contributed by atoms with Crippen LogP contribution in [0.4, 0.5) is 0 Å². The quantitative estimate of drug-likeness (QED) is 0.781. The molecule has 0 saturated carbocycles. The summed E-state index contributed by atoms with van der Waals surface area (Å²) in [7, 11) is 0. The Bertz CT molecular complexity index is 478. The smallest absolute Gasteiger partial charge is 0.167 e. The molecule has 0 fully saturated rings. The maximum absolute atomic E-state index is 10.6. The molecule has 0 aliphatic carbocycles. The van der Waals surface area contributed by atoms with Gasteiger partial charge in [0.25, 0.3) is 0 Å². The lowest BCUT2D eigenvalue weighted by Gasteiger charge is -1.90. The molecule has 2 nitrogen and oxygen atoms in total. The van der Waals surface area contributed by atoms with Gasteiger partial charge in [-0.1, -0.05) is 17.7 Å². The second kappa shape index (κ2) is 3.16. The molecule has 66 valence electrons. The number of aromatic amines is 1. The SMILES string of the molecule is O=Cc1[nH]c2cc(Cl)ccc2c1Br. The Kier molecular flexibility index (Phi) is 2.14. The van der Waals surface area contributed by atoms with Crippen molar-refractivity contribution in [2.24, 2.45) is 0 Å². The number of fused-ring (bicyclic) bond motifs is 1. The lowest BCUT2D eigenvalue weighted by molar-refractivity contribution is 0.111. The number of hydrogen-bond acceptors (Lipinski definition) is 1. The van der Waals surface area contributed by atoms with E-state index in [2.05, 4.69) is 20.9 Å². The predicted octanol–water partition coefficient (Wildman–Crippen LogP) is 3.40. The van der Waals surface area contributed by atoms with Gasteiger partial charge in [-0.25, -0.2) is 0 Å². The van der Waals surface area contributed by atoms with Gasteiger partial charge in [0.1, 0.15) is 0 Å². The molecule has 1 heterocycles. The van der Waals surface area contributed by atoms with Gasteiger partial charge in [0.2, 0.25) is 0 Å². The standard InChI is InChI=1S/C9H5BrClNO/c10-9-6-2-1-5(11)3-7(6)12-8(9)4-13/h1-4,12H. The molecule has 2 aromatic rings. The Hall–Kier alpha value is -0.800. The zero-order chi connectivity index (χ0) is 9.42. The molecule has 0 amide bonds. The fraction of sp³-hybridized carbons (Fsp3) is 0. The Morgan fingerprint density at radius 3 is 2.92 bits per heavy atom. The summed E-state index contributed by atoms with van der Waals surface area (Å²) in [5, 5.41) is 1.62. The van der Waals surface area contributed by atoms with Crippen LogP contribution in [0.1, 0.15) is 10.5 Å². The Balaban J connectivity index is 2.83.